The zero-order chi connectivity index (χ0) is 15.9. The number of halogens is 4. The Kier molecular flexibility index (Phi) is 3.67. The summed E-state index contributed by atoms with van der Waals surface area (Å²) >= 11 is 1.80. The highest BCUT2D eigenvalue weighted by atomic mass is 127. The van der Waals surface area contributed by atoms with E-state index in [0.717, 1.165) is 6.07 Å². The van der Waals surface area contributed by atoms with E-state index in [2.05, 4.69) is 9.97 Å². The highest BCUT2D eigenvalue weighted by Crippen LogP contribution is 2.38. The van der Waals surface area contributed by atoms with E-state index >= 15 is 0 Å². The molecule has 0 fully saturated rings. The van der Waals surface area contributed by atoms with Crippen LogP contribution >= 0.6 is 22.6 Å². The lowest BCUT2D eigenvalue weighted by molar-refractivity contribution is -0.137. The van der Waals surface area contributed by atoms with E-state index in [-0.39, 0.29) is 11.4 Å². The molecule has 0 aliphatic carbocycles. The summed E-state index contributed by atoms with van der Waals surface area (Å²) in [5.41, 5.74) is -1.04. The van der Waals surface area contributed by atoms with Crippen LogP contribution in [0.5, 0.6) is 0 Å². The van der Waals surface area contributed by atoms with E-state index < -0.39 is 17.3 Å². The van der Waals surface area contributed by atoms with Gasteiger partial charge in [0.2, 0.25) is 0 Å². The minimum atomic E-state index is -4.53. The summed E-state index contributed by atoms with van der Waals surface area (Å²) in [7, 11) is 0. The van der Waals surface area contributed by atoms with Crippen molar-refractivity contribution in [2.24, 2.45) is 0 Å². The second kappa shape index (κ2) is 5.38. The Hall–Kier alpha value is -1.90. The quantitative estimate of drug-likeness (QED) is 0.605. The van der Waals surface area contributed by atoms with Gasteiger partial charge in [-0.05, 0) is 46.9 Å². The number of para-hydroxylation sites is 1. The van der Waals surface area contributed by atoms with E-state index in [1.54, 1.807) is 52.9 Å². The third-order valence-electron chi connectivity index (χ3n) is 3.17. The van der Waals surface area contributed by atoms with Gasteiger partial charge in [0.1, 0.15) is 5.82 Å². The molecule has 0 bridgehead atoms. The van der Waals surface area contributed by atoms with Crippen molar-refractivity contribution in [2.75, 3.05) is 0 Å². The number of nitrogens with zero attached hydrogens (tertiary/aromatic N) is 1. The average Bonchev–Trinajstić information content (AvgIpc) is 2.46. The number of aromatic amines is 1. The van der Waals surface area contributed by atoms with Gasteiger partial charge >= 0.3 is 6.18 Å². The van der Waals surface area contributed by atoms with Gasteiger partial charge in [-0.2, -0.15) is 13.2 Å². The molecule has 3 aromatic rings. The molecule has 0 unspecified atom stereocenters. The van der Waals surface area contributed by atoms with Crippen LogP contribution in [0.2, 0.25) is 0 Å². The zero-order valence-corrected chi connectivity index (χ0v) is 13.1. The predicted molar refractivity (Wildman–Crippen MR) is 85.5 cm³/mol. The lowest BCUT2D eigenvalue weighted by atomic mass is 10.1. The molecular formula is C15H8F3IN2O. The van der Waals surface area contributed by atoms with E-state index in [1.165, 1.54) is 6.07 Å². The number of rotatable bonds is 1. The van der Waals surface area contributed by atoms with Gasteiger partial charge in [0.25, 0.3) is 5.56 Å². The van der Waals surface area contributed by atoms with Crippen LogP contribution in [0, 0.1) is 3.57 Å². The Morgan fingerprint density at radius 3 is 2.50 bits per heavy atom. The first-order valence-corrected chi connectivity index (χ1v) is 7.31. The molecule has 0 saturated heterocycles. The number of nitrogens with one attached hydrogen (secondary N) is 1. The van der Waals surface area contributed by atoms with Gasteiger partial charge in [-0.1, -0.05) is 18.2 Å². The first kappa shape index (κ1) is 15.0. The Labute approximate surface area is 136 Å². The molecule has 0 aliphatic heterocycles. The molecule has 0 atom stereocenters. The zero-order valence-electron chi connectivity index (χ0n) is 10.9. The van der Waals surface area contributed by atoms with Crippen molar-refractivity contribution in [1.82, 2.24) is 9.97 Å². The molecule has 0 spiro atoms. The number of benzene rings is 2. The van der Waals surface area contributed by atoms with Gasteiger partial charge < -0.3 is 4.98 Å². The standard InChI is InChI=1S/C15H8F3IN2O/c16-15(17,18)9-5-3-6-10(19)12(9)13-20-11-7-2-1-4-8(11)14(22)21-13/h1-7H,(H,20,21,22). The molecule has 1 N–H and O–H groups in total. The van der Waals surface area contributed by atoms with Crippen molar-refractivity contribution >= 4 is 33.5 Å². The molecule has 0 aliphatic rings. The summed E-state index contributed by atoms with van der Waals surface area (Å²) in [5, 5.41) is 0.339. The van der Waals surface area contributed by atoms with Crippen molar-refractivity contribution in [2.45, 2.75) is 6.18 Å². The maximum Gasteiger partial charge on any atom is 0.417 e. The third-order valence-corrected chi connectivity index (χ3v) is 4.07. The molecule has 0 saturated carbocycles. The number of alkyl halides is 3. The lowest BCUT2D eigenvalue weighted by Gasteiger charge is -2.14. The molecule has 7 heteroatoms. The van der Waals surface area contributed by atoms with E-state index in [9.17, 15) is 18.0 Å². The van der Waals surface area contributed by atoms with Crippen LogP contribution in [0.15, 0.2) is 47.3 Å². The van der Waals surface area contributed by atoms with Gasteiger partial charge in [0.15, 0.2) is 0 Å². The smallest absolute Gasteiger partial charge is 0.306 e. The number of H-pyrrole nitrogens is 1. The monoisotopic (exact) mass is 416 g/mol. The van der Waals surface area contributed by atoms with Gasteiger partial charge in [-0.15, -0.1) is 0 Å². The molecule has 3 nitrogen and oxygen atoms in total. The maximum absolute atomic E-state index is 13.2. The summed E-state index contributed by atoms with van der Waals surface area (Å²) in [5.74, 6) is -0.0824. The molecule has 2 aromatic carbocycles. The van der Waals surface area contributed by atoms with Gasteiger partial charge in [-0.25, -0.2) is 4.98 Å². The van der Waals surface area contributed by atoms with Crippen LogP contribution in [0.25, 0.3) is 22.3 Å². The summed E-state index contributed by atoms with van der Waals surface area (Å²) < 4.78 is 40.0. The van der Waals surface area contributed by atoms with Crippen LogP contribution in [-0.2, 0) is 6.18 Å². The fourth-order valence-electron chi connectivity index (χ4n) is 2.21. The molecule has 3 rings (SSSR count). The van der Waals surface area contributed by atoms with Gasteiger partial charge in [0.05, 0.1) is 16.5 Å². The number of hydrogen-bond donors (Lipinski definition) is 1. The minimum Gasteiger partial charge on any atom is -0.306 e. The summed E-state index contributed by atoms with van der Waals surface area (Å²) in [6.45, 7) is 0. The number of fused-ring (bicyclic) bond motifs is 1. The maximum atomic E-state index is 13.2. The fourth-order valence-corrected chi connectivity index (χ4v) is 2.96. The Balaban J connectivity index is 2.35. The molecule has 0 radical (unpaired) electrons. The summed E-state index contributed by atoms with van der Waals surface area (Å²) in [4.78, 5) is 18.7. The van der Waals surface area contributed by atoms with E-state index in [4.69, 9.17) is 0 Å². The van der Waals surface area contributed by atoms with E-state index in [1.807, 2.05) is 0 Å². The fraction of sp³-hybridized carbons (Fsp3) is 0.0667. The van der Waals surface area contributed by atoms with Crippen molar-refractivity contribution in [3.05, 3.63) is 62.0 Å². The Bertz CT molecular complexity index is 919. The van der Waals surface area contributed by atoms with Crippen molar-refractivity contribution in [1.29, 1.82) is 0 Å². The molecule has 1 heterocycles. The summed E-state index contributed by atoms with van der Waals surface area (Å²) in [6.07, 6.45) is -4.53. The average molecular weight is 416 g/mol. The SMILES string of the molecule is O=c1[nH]c(-c2c(I)cccc2C(F)(F)F)nc2ccccc12. The molecule has 112 valence electrons. The van der Waals surface area contributed by atoms with Crippen LogP contribution < -0.4 is 5.56 Å². The third kappa shape index (κ3) is 2.60. The molecule has 22 heavy (non-hydrogen) atoms. The highest BCUT2D eigenvalue weighted by molar-refractivity contribution is 14.1. The first-order valence-electron chi connectivity index (χ1n) is 6.23. The van der Waals surface area contributed by atoms with E-state index in [0.29, 0.717) is 14.5 Å². The second-order valence-corrected chi connectivity index (χ2v) is 5.75. The molecule has 1 aromatic heterocycles. The van der Waals surface area contributed by atoms with Crippen molar-refractivity contribution in [3.8, 4) is 11.4 Å². The van der Waals surface area contributed by atoms with Crippen LogP contribution in [0.3, 0.4) is 0 Å². The van der Waals surface area contributed by atoms with Crippen LogP contribution in [0.4, 0.5) is 13.2 Å². The van der Waals surface area contributed by atoms with Gasteiger partial charge in [0, 0.05) is 9.13 Å². The number of hydrogen-bond acceptors (Lipinski definition) is 2. The minimum absolute atomic E-state index is 0.0824. The largest absolute Gasteiger partial charge is 0.417 e. The Morgan fingerprint density at radius 1 is 1.05 bits per heavy atom. The predicted octanol–water partition coefficient (Wildman–Crippen LogP) is 4.21. The topological polar surface area (TPSA) is 45.8 Å². The van der Waals surface area contributed by atoms with Crippen molar-refractivity contribution in [3.63, 3.8) is 0 Å². The van der Waals surface area contributed by atoms with Crippen LogP contribution in [0.1, 0.15) is 5.56 Å². The number of aromatic nitrogens is 2. The molecule has 0 amide bonds. The second-order valence-electron chi connectivity index (χ2n) is 4.59. The summed E-state index contributed by atoms with van der Waals surface area (Å²) in [6, 6.07) is 10.4. The highest BCUT2D eigenvalue weighted by Gasteiger charge is 2.35. The molecular weight excluding hydrogens is 408 g/mol. The van der Waals surface area contributed by atoms with Crippen LogP contribution in [-0.4, -0.2) is 9.97 Å². The first-order chi connectivity index (χ1) is 10.4. The van der Waals surface area contributed by atoms with Crippen molar-refractivity contribution < 1.29 is 13.2 Å². The Morgan fingerprint density at radius 2 is 1.77 bits per heavy atom. The van der Waals surface area contributed by atoms with Gasteiger partial charge in [-0.3, -0.25) is 4.79 Å². The normalized spacial score (nSPS) is 11.8. The lowest BCUT2D eigenvalue weighted by Crippen LogP contribution is -2.14.